The third kappa shape index (κ3) is 3.16. The molecule has 0 saturated carbocycles. The van der Waals surface area contributed by atoms with Crippen molar-refractivity contribution in [3.8, 4) is 0 Å². The average Bonchev–Trinajstić information content (AvgIpc) is 1.68. The van der Waals surface area contributed by atoms with Crippen LogP contribution in [0.5, 0.6) is 0 Å². The Morgan fingerprint density at radius 2 is 2.57 bits per heavy atom. The van der Waals surface area contributed by atoms with E-state index < -0.39 is 6.23 Å². The van der Waals surface area contributed by atoms with Crippen molar-refractivity contribution >= 4 is 6.01 Å². The van der Waals surface area contributed by atoms with E-state index in [1.54, 1.807) is 12.9 Å². The van der Waals surface area contributed by atoms with Gasteiger partial charge in [-0.05, 0) is 6.42 Å². The van der Waals surface area contributed by atoms with Crippen molar-refractivity contribution in [2.24, 2.45) is 4.99 Å². The SMILES string of the molecule is CCC(O)N=C=N. The third-order valence-electron chi connectivity index (χ3n) is 0.579. The summed E-state index contributed by atoms with van der Waals surface area (Å²) < 4.78 is 0. The zero-order chi connectivity index (χ0) is 5.70. The molecule has 2 N–H and O–H groups in total. The van der Waals surface area contributed by atoms with Crippen LogP contribution in [0.15, 0.2) is 4.99 Å². The molecule has 0 radical (unpaired) electrons. The first-order chi connectivity index (χ1) is 3.31. The van der Waals surface area contributed by atoms with Crippen molar-refractivity contribution in [2.45, 2.75) is 19.6 Å². The molecule has 0 rings (SSSR count). The molecular formula is C4H8N2O. The van der Waals surface area contributed by atoms with Gasteiger partial charge in [-0.3, -0.25) is 0 Å². The number of hydrogen-bond donors (Lipinski definition) is 2. The van der Waals surface area contributed by atoms with Gasteiger partial charge < -0.3 is 5.11 Å². The largest absolute Gasteiger partial charge is 0.371 e. The second-order valence-electron chi connectivity index (χ2n) is 1.13. The van der Waals surface area contributed by atoms with Crippen LogP contribution in [0, 0.1) is 5.41 Å². The Kier molecular flexibility index (Phi) is 3.19. The number of nitrogens with one attached hydrogen (secondary N) is 1. The minimum atomic E-state index is -0.725. The number of aliphatic hydroxyl groups is 1. The van der Waals surface area contributed by atoms with Gasteiger partial charge in [-0.15, -0.1) is 0 Å². The molecule has 3 heteroatoms. The maximum Gasteiger partial charge on any atom is 0.155 e. The van der Waals surface area contributed by atoms with Crippen LogP contribution in [0.3, 0.4) is 0 Å². The van der Waals surface area contributed by atoms with E-state index in [9.17, 15) is 0 Å². The summed E-state index contributed by atoms with van der Waals surface area (Å²) in [6.45, 7) is 1.78. The normalized spacial score (nSPS) is 12.3. The summed E-state index contributed by atoms with van der Waals surface area (Å²) in [6, 6.07) is 1.74. The smallest absolute Gasteiger partial charge is 0.155 e. The maximum atomic E-state index is 8.51. The fourth-order valence-corrected chi connectivity index (χ4v) is 0.166. The van der Waals surface area contributed by atoms with Crippen LogP contribution in [0.2, 0.25) is 0 Å². The molecule has 0 bridgehead atoms. The Labute approximate surface area is 42.2 Å². The Morgan fingerprint density at radius 3 is 2.71 bits per heavy atom. The highest BCUT2D eigenvalue weighted by Crippen LogP contribution is 1.86. The van der Waals surface area contributed by atoms with Gasteiger partial charge in [-0.1, -0.05) is 6.92 Å². The molecule has 3 nitrogen and oxygen atoms in total. The Hall–Kier alpha value is -0.660. The standard InChI is InChI=1S/C4H8N2O/c1-2-4(7)6-3-5/h4-5,7H,2H2,1H3. The van der Waals surface area contributed by atoms with Gasteiger partial charge in [0.2, 0.25) is 0 Å². The lowest BCUT2D eigenvalue weighted by Crippen LogP contribution is -1.97. The van der Waals surface area contributed by atoms with Gasteiger partial charge in [-0.2, -0.15) is 4.99 Å². The van der Waals surface area contributed by atoms with Crippen LogP contribution in [-0.2, 0) is 0 Å². The molecule has 0 spiro atoms. The summed E-state index contributed by atoms with van der Waals surface area (Å²) >= 11 is 0. The number of hydrogen-bond acceptors (Lipinski definition) is 3. The van der Waals surface area contributed by atoms with E-state index in [1.807, 2.05) is 0 Å². The van der Waals surface area contributed by atoms with Gasteiger partial charge in [0.15, 0.2) is 6.23 Å². The van der Waals surface area contributed by atoms with Crippen LogP contribution in [0.4, 0.5) is 0 Å². The molecule has 0 aliphatic carbocycles. The molecule has 0 aliphatic rings. The Balaban J connectivity index is 3.35. The molecule has 0 saturated heterocycles. The van der Waals surface area contributed by atoms with E-state index in [0.717, 1.165) is 0 Å². The average molecular weight is 100 g/mol. The highest BCUT2D eigenvalue weighted by molar-refractivity contribution is 5.35. The Bertz CT molecular complexity index is 85.7. The molecule has 0 aromatic heterocycles. The van der Waals surface area contributed by atoms with Crippen molar-refractivity contribution < 1.29 is 5.11 Å². The summed E-state index contributed by atoms with van der Waals surface area (Å²) in [7, 11) is 0. The summed E-state index contributed by atoms with van der Waals surface area (Å²) in [5.41, 5.74) is 0. The van der Waals surface area contributed by atoms with E-state index in [2.05, 4.69) is 4.99 Å². The topological polar surface area (TPSA) is 56.4 Å². The molecule has 1 atom stereocenters. The lowest BCUT2D eigenvalue weighted by molar-refractivity contribution is 0.181. The van der Waals surface area contributed by atoms with E-state index >= 15 is 0 Å². The summed E-state index contributed by atoms with van der Waals surface area (Å²) in [6.07, 6.45) is -0.177. The first-order valence-corrected chi connectivity index (χ1v) is 2.11. The van der Waals surface area contributed by atoms with Crippen LogP contribution in [0.25, 0.3) is 0 Å². The molecule has 0 aromatic rings. The summed E-state index contributed by atoms with van der Waals surface area (Å²) in [5, 5.41) is 14.8. The summed E-state index contributed by atoms with van der Waals surface area (Å²) in [4.78, 5) is 3.22. The van der Waals surface area contributed by atoms with Crippen molar-refractivity contribution in [1.29, 1.82) is 5.41 Å². The fraction of sp³-hybridized carbons (Fsp3) is 0.750. The minimum Gasteiger partial charge on any atom is -0.371 e. The number of nitrogens with zero attached hydrogens (tertiary/aromatic N) is 1. The van der Waals surface area contributed by atoms with E-state index in [4.69, 9.17) is 10.5 Å². The van der Waals surface area contributed by atoms with E-state index in [0.29, 0.717) is 6.42 Å². The van der Waals surface area contributed by atoms with Gasteiger partial charge in [-0.25, -0.2) is 5.41 Å². The predicted molar refractivity (Wildman–Crippen MR) is 26.5 cm³/mol. The molecule has 0 fully saturated rings. The predicted octanol–water partition coefficient (Wildman–Crippen LogP) is 0.467. The third-order valence-corrected chi connectivity index (χ3v) is 0.579. The van der Waals surface area contributed by atoms with Crippen molar-refractivity contribution in [3.63, 3.8) is 0 Å². The van der Waals surface area contributed by atoms with Crippen molar-refractivity contribution in [3.05, 3.63) is 0 Å². The molecule has 0 aliphatic heterocycles. The van der Waals surface area contributed by atoms with Gasteiger partial charge in [0.05, 0.1) is 6.01 Å². The summed E-state index contributed by atoms with van der Waals surface area (Å²) in [5.74, 6) is 0. The first-order valence-electron chi connectivity index (χ1n) is 2.11. The zero-order valence-electron chi connectivity index (χ0n) is 4.18. The molecule has 0 amide bonds. The molecule has 7 heavy (non-hydrogen) atoms. The number of aliphatic imine (C=N–C) groups is 1. The molecule has 40 valence electrons. The highest BCUT2D eigenvalue weighted by atomic mass is 16.3. The fourth-order valence-electron chi connectivity index (χ4n) is 0.166. The highest BCUT2D eigenvalue weighted by Gasteiger charge is 1.89. The minimum absolute atomic E-state index is 0.548. The quantitative estimate of drug-likeness (QED) is 0.487. The van der Waals surface area contributed by atoms with Crippen molar-refractivity contribution in [2.75, 3.05) is 0 Å². The molecular weight excluding hydrogens is 92.1 g/mol. The van der Waals surface area contributed by atoms with E-state index in [-0.39, 0.29) is 0 Å². The van der Waals surface area contributed by atoms with Gasteiger partial charge in [0, 0.05) is 0 Å². The first kappa shape index (κ1) is 6.34. The lowest BCUT2D eigenvalue weighted by atomic mass is 10.4. The second-order valence-corrected chi connectivity index (χ2v) is 1.13. The maximum absolute atomic E-state index is 8.51. The van der Waals surface area contributed by atoms with Gasteiger partial charge in [0.1, 0.15) is 0 Å². The van der Waals surface area contributed by atoms with Gasteiger partial charge in [0.25, 0.3) is 0 Å². The van der Waals surface area contributed by atoms with Crippen LogP contribution >= 0.6 is 0 Å². The number of rotatable bonds is 2. The van der Waals surface area contributed by atoms with Gasteiger partial charge >= 0.3 is 0 Å². The van der Waals surface area contributed by atoms with Crippen molar-refractivity contribution in [1.82, 2.24) is 0 Å². The monoisotopic (exact) mass is 100 g/mol. The molecule has 1 unspecified atom stereocenters. The number of aliphatic hydroxyl groups excluding tert-OH is 1. The van der Waals surface area contributed by atoms with Crippen LogP contribution in [-0.4, -0.2) is 17.3 Å². The zero-order valence-corrected chi connectivity index (χ0v) is 4.18. The second kappa shape index (κ2) is 3.53. The van der Waals surface area contributed by atoms with Crippen LogP contribution < -0.4 is 0 Å². The molecule has 0 heterocycles. The van der Waals surface area contributed by atoms with E-state index in [1.165, 1.54) is 0 Å². The lowest BCUT2D eigenvalue weighted by Gasteiger charge is -1.92. The van der Waals surface area contributed by atoms with Crippen LogP contribution in [0.1, 0.15) is 13.3 Å². The Morgan fingerprint density at radius 1 is 2.00 bits per heavy atom. The molecule has 0 aromatic carbocycles.